The highest BCUT2D eigenvalue weighted by Gasteiger charge is 2.08. The second-order valence-corrected chi connectivity index (χ2v) is 2.38. The molecule has 0 amide bonds. The first-order valence-electron chi connectivity index (χ1n) is 3.67. The van der Waals surface area contributed by atoms with Crippen LogP contribution in [0, 0.1) is 0 Å². The summed E-state index contributed by atoms with van der Waals surface area (Å²) in [4.78, 5) is 15.0. The van der Waals surface area contributed by atoms with E-state index in [-0.39, 0.29) is 5.78 Å². The maximum atomic E-state index is 11.1. The van der Waals surface area contributed by atoms with Gasteiger partial charge in [-0.25, -0.2) is 0 Å². The fourth-order valence-electron chi connectivity index (χ4n) is 0.963. The summed E-state index contributed by atoms with van der Waals surface area (Å²) in [5.74, 6) is 0.0202. The Kier molecular flexibility index (Phi) is 2.36. The zero-order chi connectivity index (χ0) is 8.27. The fraction of sp³-hybridized carbons (Fsp3) is 0.333. The highest BCUT2D eigenvalue weighted by Crippen LogP contribution is 2.08. The first kappa shape index (κ1) is 7.92. The van der Waals surface area contributed by atoms with Crippen LogP contribution >= 0.6 is 0 Å². The van der Waals surface area contributed by atoms with Crippen LogP contribution in [0.25, 0.3) is 0 Å². The molecule has 0 atom stereocenters. The lowest BCUT2D eigenvalue weighted by Crippen LogP contribution is -2.11. The molecule has 0 bridgehead atoms. The molecule has 2 nitrogen and oxygen atoms in total. The molecule has 11 heavy (non-hydrogen) atoms. The minimum atomic E-state index is 0.0202. The van der Waals surface area contributed by atoms with Crippen LogP contribution in [-0.4, -0.2) is 18.5 Å². The van der Waals surface area contributed by atoms with Gasteiger partial charge in [-0.2, -0.15) is 0 Å². The van der Waals surface area contributed by atoms with E-state index in [1.807, 2.05) is 13.0 Å². The number of nitrogens with zero attached hydrogens (tertiary/aromatic N) is 1. The molecule has 58 valence electrons. The van der Waals surface area contributed by atoms with Crippen molar-refractivity contribution in [2.24, 2.45) is 4.99 Å². The topological polar surface area (TPSA) is 29.4 Å². The molecule has 0 saturated heterocycles. The molecule has 0 aromatic carbocycles. The monoisotopic (exact) mass is 149 g/mol. The van der Waals surface area contributed by atoms with Gasteiger partial charge in [-0.15, -0.1) is 0 Å². The number of ketones is 1. The van der Waals surface area contributed by atoms with Crippen molar-refractivity contribution in [3.05, 3.63) is 23.8 Å². The van der Waals surface area contributed by atoms with E-state index in [2.05, 4.69) is 4.99 Å². The summed E-state index contributed by atoms with van der Waals surface area (Å²) in [6.45, 7) is 2.03. The highest BCUT2D eigenvalue weighted by atomic mass is 16.1. The van der Waals surface area contributed by atoms with Crippen molar-refractivity contribution in [1.29, 1.82) is 0 Å². The predicted octanol–water partition coefficient (Wildman–Crippen LogP) is 1.53. The Morgan fingerprint density at radius 2 is 2.18 bits per heavy atom. The van der Waals surface area contributed by atoms with Gasteiger partial charge in [0.05, 0.1) is 0 Å². The molecule has 0 unspecified atom stereocenters. The fourth-order valence-corrected chi connectivity index (χ4v) is 0.963. The van der Waals surface area contributed by atoms with Crippen LogP contribution in [-0.2, 0) is 4.79 Å². The van der Waals surface area contributed by atoms with E-state index in [1.54, 1.807) is 19.2 Å². The Hall–Kier alpha value is -1.18. The van der Waals surface area contributed by atoms with Gasteiger partial charge in [0.2, 0.25) is 5.78 Å². The minimum absolute atomic E-state index is 0.0202. The molecule has 0 radical (unpaired) electrons. The van der Waals surface area contributed by atoms with Gasteiger partial charge in [0.1, 0.15) is 5.71 Å². The maximum absolute atomic E-state index is 11.1. The van der Waals surface area contributed by atoms with Gasteiger partial charge in [0.15, 0.2) is 0 Å². The van der Waals surface area contributed by atoms with Crippen molar-refractivity contribution in [2.75, 3.05) is 7.05 Å². The van der Waals surface area contributed by atoms with E-state index in [4.69, 9.17) is 0 Å². The highest BCUT2D eigenvalue weighted by molar-refractivity contribution is 6.48. The number of hydrogen-bond acceptors (Lipinski definition) is 2. The van der Waals surface area contributed by atoms with Crippen LogP contribution in [0.4, 0.5) is 0 Å². The number of aliphatic imine (C=N–C) groups is 1. The van der Waals surface area contributed by atoms with E-state index < -0.39 is 0 Å². The van der Waals surface area contributed by atoms with Gasteiger partial charge < -0.3 is 0 Å². The van der Waals surface area contributed by atoms with Gasteiger partial charge in [0.25, 0.3) is 0 Å². The summed E-state index contributed by atoms with van der Waals surface area (Å²) in [6.07, 6.45) is 6.24. The average molecular weight is 149 g/mol. The number of allylic oxidation sites excluding steroid dienone is 4. The van der Waals surface area contributed by atoms with Gasteiger partial charge in [-0.1, -0.05) is 13.0 Å². The summed E-state index contributed by atoms with van der Waals surface area (Å²) in [5, 5.41) is 0. The summed E-state index contributed by atoms with van der Waals surface area (Å²) in [6, 6.07) is 0. The van der Waals surface area contributed by atoms with Crippen LogP contribution < -0.4 is 0 Å². The Balaban J connectivity index is 2.88. The molecule has 0 aromatic heterocycles. The molecule has 0 aromatic rings. The van der Waals surface area contributed by atoms with E-state index in [0.717, 1.165) is 12.0 Å². The quantitative estimate of drug-likeness (QED) is 0.520. The van der Waals surface area contributed by atoms with Crippen molar-refractivity contribution in [3.8, 4) is 0 Å². The smallest absolute Gasteiger partial charge is 0.203 e. The number of carbonyl (C=O) groups excluding carboxylic acids is 1. The standard InChI is InChI=1S/C9H11NO/c1-3-7-4-5-8(10-2)9(11)6-7/h4-6H,3H2,1-2H3. The molecule has 1 aliphatic carbocycles. The van der Waals surface area contributed by atoms with Gasteiger partial charge in [0, 0.05) is 7.05 Å². The normalized spacial score (nSPS) is 20.7. The maximum Gasteiger partial charge on any atom is 0.203 e. The van der Waals surface area contributed by atoms with Crippen molar-refractivity contribution in [3.63, 3.8) is 0 Å². The van der Waals surface area contributed by atoms with E-state index >= 15 is 0 Å². The SMILES string of the molecule is CCC1=CC(=O)C(=NC)C=C1. The summed E-state index contributed by atoms with van der Waals surface area (Å²) in [5.41, 5.74) is 1.62. The van der Waals surface area contributed by atoms with Crippen molar-refractivity contribution >= 4 is 11.5 Å². The molecule has 0 heterocycles. The molecule has 0 spiro atoms. The van der Waals surface area contributed by atoms with Crippen LogP contribution in [0.2, 0.25) is 0 Å². The Bertz CT molecular complexity index is 259. The number of hydrogen-bond donors (Lipinski definition) is 0. The Morgan fingerprint density at radius 3 is 2.64 bits per heavy atom. The molecular formula is C9H11NO. The molecule has 1 rings (SSSR count). The summed E-state index contributed by atoms with van der Waals surface area (Å²) < 4.78 is 0. The summed E-state index contributed by atoms with van der Waals surface area (Å²) >= 11 is 0. The van der Waals surface area contributed by atoms with Crippen LogP contribution in [0.3, 0.4) is 0 Å². The number of rotatable bonds is 1. The lowest BCUT2D eigenvalue weighted by Gasteiger charge is -2.03. The summed E-state index contributed by atoms with van der Waals surface area (Å²) in [7, 11) is 1.63. The van der Waals surface area contributed by atoms with Gasteiger partial charge >= 0.3 is 0 Å². The largest absolute Gasteiger partial charge is 0.288 e. The third kappa shape index (κ3) is 1.64. The molecular weight excluding hydrogens is 138 g/mol. The van der Waals surface area contributed by atoms with Crippen LogP contribution in [0.1, 0.15) is 13.3 Å². The van der Waals surface area contributed by atoms with E-state index in [0.29, 0.717) is 5.71 Å². The van der Waals surface area contributed by atoms with Crippen molar-refractivity contribution in [2.45, 2.75) is 13.3 Å². The van der Waals surface area contributed by atoms with E-state index in [9.17, 15) is 4.79 Å². The van der Waals surface area contributed by atoms with E-state index in [1.165, 1.54) is 0 Å². The predicted molar refractivity (Wildman–Crippen MR) is 45.9 cm³/mol. The molecule has 0 aliphatic heterocycles. The van der Waals surface area contributed by atoms with Gasteiger partial charge in [-0.05, 0) is 24.1 Å². The molecule has 0 fully saturated rings. The lowest BCUT2D eigenvalue weighted by atomic mass is 10.0. The average Bonchev–Trinajstić information content (AvgIpc) is 2.04. The second-order valence-electron chi connectivity index (χ2n) is 2.38. The molecule has 1 aliphatic rings. The first-order chi connectivity index (χ1) is 5.27. The zero-order valence-corrected chi connectivity index (χ0v) is 6.79. The van der Waals surface area contributed by atoms with Crippen molar-refractivity contribution in [1.82, 2.24) is 0 Å². The number of carbonyl (C=O) groups is 1. The lowest BCUT2D eigenvalue weighted by molar-refractivity contribution is -0.108. The van der Waals surface area contributed by atoms with Crippen LogP contribution in [0.15, 0.2) is 28.8 Å². The third-order valence-corrected chi connectivity index (χ3v) is 1.67. The second kappa shape index (κ2) is 3.28. The Morgan fingerprint density at radius 1 is 1.45 bits per heavy atom. The molecule has 0 N–H and O–H groups in total. The van der Waals surface area contributed by atoms with Gasteiger partial charge in [-0.3, -0.25) is 9.79 Å². The van der Waals surface area contributed by atoms with Crippen molar-refractivity contribution < 1.29 is 4.79 Å². The van der Waals surface area contributed by atoms with Crippen LogP contribution in [0.5, 0.6) is 0 Å². The Labute approximate surface area is 66.3 Å². The minimum Gasteiger partial charge on any atom is -0.288 e. The molecule has 0 saturated carbocycles. The zero-order valence-electron chi connectivity index (χ0n) is 6.79. The molecule has 2 heteroatoms. The first-order valence-corrected chi connectivity index (χ1v) is 3.67. The third-order valence-electron chi connectivity index (χ3n) is 1.67.